The summed E-state index contributed by atoms with van der Waals surface area (Å²) in [5.74, 6) is -1.29. The third-order valence-electron chi connectivity index (χ3n) is 2.28. The molecule has 0 aliphatic carbocycles. The Morgan fingerprint density at radius 2 is 2.13 bits per heavy atom. The highest BCUT2D eigenvalue weighted by Crippen LogP contribution is 2.09. The van der Waals surface area contributed by atoms with Crippen molar-refractivity contribution < 1.29 is 20.1 Å². The Kier molecular flexibility index (Phi) is 2.07. The quantitative estimate of drug-likeness (QED) is 0.581. The molecule has 1 aromatic carbocycles. The molecule has 1 unspecified atom stereocenters. The molecule has 2 rings (SSSR count). The summed E-state index contributed by atoms with van der Waals surface area (Å²) >= 11 is 0. The molecule has 0 saturated carbocycles. The topological polar surface area (TPSA) is 90.1 Å². The third kappa shape index (κ3) is 1.52. The van der Waals surface area contributed by atoms with Crippen molar-refractivity contribution in [3.8, 4) is 5.75 Å². The number of nitrogens with zero attached hydrogens (tertiary/aromatic N) is 1. The first kappa shape index (κ1) is 9.51. The molecule has 3 N–H and O–H groups in total. The van der Waals surface area contributed by atoms with Gasteiger partial charge < -0.3 is 15.3 Å². The molecule has 1 heterocycles. The van der Waals surface area contributed by atoms with Crippen LogP contribution in [0.25, 0.3) is 5.76 Å². The fourth-order valence-electron chi connectivity index (χ4n) is 1.54. The lowest BCUT2D eigenvalue weighted by atomic mass is 10.1. The number of phenolic OH excluding ortho intramolecular Hbond substituents is 1. The van der Waals surface area contributed by atoms with E-state index in [4.69, 9.17) is 5.11 Å². The number of rotatable bonds is 1. The van der Waals surface area contributed by atoms with E-state index in [2.05, 4.69) is 4.99 Å². The molecule has 1 aromatic rings. The monoisotopic (exact) mass is 207 g/mol. The number of phenols is 1. The Morgan fingerprint density at radius 1 is 1.40 bits per heavy atom. The Bertz CT molecular complexity index is 535. The fourth-order valence-corrected chi connectivity index (χ4v) is 1.54. The Labute approximate surface area is 84.6 Å². The maximum absolute atomic E-state index is 10.7. The highest BCUT2D eigenvalue weighted by Gasteiger charge is 2.22. The average molecular weight is 207 g/mol. The number of fused-ring (bicyclic) bond motifs is 1. The van der Waals surface area contributed by atoms with Crippen LogP contribution in [0.2, 0.25) is 0 Å². The molecule has 0 aromatic heterocycles. The first-order valence-electron chi connectivity index (χ1n) is 4.40. The van der Waals surface area contributed by atoms with E-state index in [1.807, 2.05) is 0 Å². The van der Waals surface area contributed by atoms with Gasteiger partial charge in [-0.25, -0.2) is 4.79 Å². The minimum atomic E-state index is -1.12. The summed E-state index contributed by atoms with van der Waals surface area (Å²) in [6.45, 7) is 0. The van der Waals surface area contributed by atoms with Crippen molar-refractivity contribution >= 4 is 11.7 Å². The van der Waals surface area contributed by atoms with E-state index in [0.717, 1.165) is 0 Å². The molecule has 0 radical (unpaired) electrons. The van der Waals surface area contributed by atoms with Crippen molar-refractivity contribution in [3.05, 3.63) is 28.8 Å². The van der Waals surface area contributed by atoms with Crippen LogP contribution in [0, 0.1) is 0 Å². The van der Waals surface area contributed by atoms with Gasteiger partial charge in [-0.3, -0.25) is 4.99 Å². The highest BCUT2D eigenvalue weighted by atomic mass is 16.4. The fraction of sp³-hybridized carbons (Fsp3) is 0.200. The van der Waals surface area contributed by atoms with Crippen LogP contribution in [0.4, 0.5) is 0 Å². The second kappa shape index (κ2) is 3.27. The SMILES string of the molecule is O=C(O)C1CC(O)=c2cccc(O)c2=N1. The number of carboxylic acids is 1. The zero-order chi connectivity index (χ0) is 11.0. The van der Waals surface area contributed by atoms with Crippen molar-refractivity contribution in [3.63, 3.8) is 0 Å². The first-order chi connectivity index (χ1) is 7.09. The molecule has 5 heteroatoms. The standard InChI is InChI=1S/C10H9NO4/c12-7-3-1-2-5-8(13)4-6(10(14)15)11-9(5)7/h1-3,6,12-13H,4H2,(H,14,15). The van der Waals surface area contributed by atoms with Crippen LogP contribution >= 0.6 is 0 Å². The number of aromatic hydroxyl groups is 1. The van der Waals surface area contributed by atoms with E-state index in [1.54, 1.807) is 12.1 Å². The van der Waals surface area contributed by atoms with Gasteiger partial charge in [0.05, 0.1) is 0 Å². The molecule has 0 bridgehead atoms. The average Bonchev–Trinajstić information content (AvgIpc) is 2.19. The van der Waals surface area contributed by atoms with Gasteiger partial charge in [0.1, 0.15) is 16.9 Å². The minimum absolute atomic E-state index is 0.0359. The predicted octanol–water partition coefficient (Wildman–Crippen LogP) is -0.465. The van der Waals surface area contributed by atoms with Crippen molar-refractivity contribution in [1.29, 1.82) is 0 Å². The normalized spacial score (nSPS) is 19.2. The lowest BCUT2D eigenvalue weighted by Crippen LogP contribution is -2.37. The number of hydrogen-bond donors (Lipinski definition) is 3. The van der Waals surface area contributed by atoms with E-state index >= 15 is 0 Å². The summed E-state index contributed by atoms with van der Waals surface area (Å²) in [5, 5.41) is 28.4. The van der Waals surface area contributed by atoms with Gasteiger partial charge in [0.2, 0.25) is 0 Å². The van der Waals surface area contributed by atoms with Crippen molar-refractivity contribution in [2.24, 2.45) is 4.99 Å². The van der Waals surface area contributed by atoms with Crippen LogP contribution in [0.5, 0.6) is 5.75 Å². The molecule has 0 saturated heterocycles. The third-order valence-corrected chi connectivity index (χ3v) is 2.28. The molecular weight excluding hydrogens is 198 g/mol. The highest BCUT2D eigenvalue weighted by molar-refractivity contribution is 5.75. The second-order valence-electron chi connectivity index (χ2n) is 3.31. The molecule has 1 aliphatic rings. The maximum atomic E-state index is 10.7. The van der Waals surface area contributed by atoms with Crippen LogP contribution in [0.1, 0.15) is 6.42 Å². The molecule has 78 valence electrons. The van der Waals surface area contributed by atoms with Gasteiger partial charge >= 0.3 is 5.97 Å². The smallest absolute Gasteiger partial charge is 0.328 e. The van der Waals surface area contributed by atoms with Crippen LogP contribution in [-0.2, 0) is 4.79 Å². The number of benzene rings is 1. The molecule has 0 spiro atoms. The summed E-state index contributed by atoms with van der Waals surface area (Å²) in [7, 11) is 0. The molecule has 1 atom stereocenters. The van der Waals surface area contributed by atoms with Crippen molar-refractivity contribution in [2.45, 2.75) is 12.5 Å². The maximum Gasteiger partial charge on any atom is 0.328 e. The van der Waals surface area contributed by atoms with Gasteiger partial charge in [0.25, 0.3) is 0 Å². The zero-order valence-electron chi connectivity index (χ0n) is 7.71. The molecular formula is C10H9NO4. The summed E-state index contributed by atoms with van der Waals surface area (Å²) in [5.41, 5.74) is 0. The Morgan fingerprint density at radius 3 is 2.80 bits per heavy atom. The van der Waals surface area contributed by atoms with E-state index in [-0.39, 0.29) is 23.3 Å². The van der Waals surface area contributed by atoms with E-state index < -0.39 is 12.0 Å². The van der Waals surface area contributed by atoms with Crippen LogP contribution in [0.3, 0.4) is 0 Å². The Hall–Kier alpha value is -2.04. The van der Waals surface area contributed by atoms with Gasteiger partial charge in [0.15, 0.2) is 6.04 Å². The van der Waals surface area contributed by atoms with E-state index in [0.29, 0.717) is 5.22 Å². The summed E-state index contributed by atoms with van der Waals surface area (Å²) in [6, 6.07) is 3.54. The van der Waals surface area contributed by atoms with Crippen LogP contribution < -0.4 is 10.6 Å². The number of aliphatic hydroxyl groups is 1. The molecule has 5 nitrogen and oxygen atoms in total. The van der Waals surface area contributed by atoms with Crippen LogP contribution in [-0.4, -0.2) is 27.3 Å². The van der Waals surface area contributed by atoms with Crippen molar-refractivity contribution in [2.75, 3.05) is 0 Å². The van der Waals surface area contributed by atoms with E-state index in [9.17, 15) is 15.0 Å². The summed E-state index contributed by atoms with van der Waals surface area (Å²) < 4.78 is 0. The predicted molar refractivity (Wildman–Crippen MR) is 51.0 cm³/mol. The zero-order valence-corrected chi connectivity index (χ0v) is 7.71. The summed E-state index contributed by atoms with van der Waals surface area (Å²) in [4.78, 5) is 14.6. The number of aliphatic carboxylic acids is 1. The number of carboxylic acid groups (broad SMARTS) is 1. The molecule has 0 amide bonds. The van der Waals surface area contributed by atoms with Crippen molar-refractivity contribution in [1.82, 2.24) is 0 Å². The number of hydrogen-bond acceptors (Lipinski definition) is 4. The number of carbonyl (C=O) groups is 1. The van der Waals surface area contributed by atoms with Gasteiger partial charge in [-0.15, -0.1) is 0 Å². The van der Waals surface area contributed by atoms with Gasteiger partial charge in [-0.05, 0) is 12.1 Å². The Balaban J connectivity index is 2.74. The molecule has 0 fully saturated rings. The lowest BCUT2D eigenvalue weighted by Gasteiger charge is -2.12. The molecule has 15 heavy (non-hydrogen) atoms. The van der Waals surface area contributed by atoms with Gasteiger partial charge in [0, 0.05) is 11.6 Å². The van der Waals surface area contributed by atoms with Gasteiger partial charge in [-0.1, -0.05) is 6.07 Å². The minimum Gasteiger partial charge on any atom is -0.512 e. The second-order valence-corrected chi connectivity index (χ2v) is 3.31. The number of para-hydroxylation sites is 1. The first-order valence-corrected chi connectivity index (χ1v) is 4.40. The van der Waals surface area contributed by atoms with Crippen LogP contribution in [0.15, 0.2) is 23.2 Å². The van der Waals surface area contributed by atoms with E-state index in [1.165, 1.54) is 6.07 Å². The largest absolute Gasteiger partial charge is 0.512 e. The van der Waals surface area contributed by atoms with Gasteiger partial charge in [-0.2, -0.15) is 0 Å². The molecule has 1 aliphatic heterocycles. The lowest BCUT2D eigenvalue weighted by molar-refractivity contribution is -0.138. The summed E-state index contributed by atoms with van der Waals surface area (Å²) in [6.07, 6.45) is -0.0359. The number of aliphatic hydroxyl groups excluding tert-OH is 1.